The Labute approximate surface area is 114 Å². The lowest BCUT2D eigenvalue weighted by molar-refractivity contribution is -0.140. The van der Waals surface area contributed by atoms with Gasteiger partial charge in [-0.2, -0.15) is 0 Å². The molecule has 0 aromatic heterocycles. The summed E-state index contributed by atoms with van der Waals surface area (Å²) in [6.45, 7) is 0.788. The van der Waals surface area contributed by atoms with Crippen LogP contribution < -0.4 is 0 Å². The highest BCUT2D eigenvalue weighted by atomic mass is 16.5. The van der Waals surface area contributed by atoms with Gasteiger partial charge in [0.2, 0.25) is 5.91 Å². The zero-order valence-corrected chi connectivity index (χ0v) is 11.8. The second-order valence-electron chi connectivity index (χ2n) is 5.06. The molecule has 0 spiro atoms. The number of hydrogen-bond acceptors (Lipinski definition) is 4. The van der Waals surface area contributed by atoms with E-state index in [2.05, 4.69) is 4.74 Å². The Balaban J connectivity index is 2.13. The molecular formula is C14H25NO4. The fraction of sp³-hybridized carbons (Fsp3) is 0.857. The fourth-order valence-electron chi connectivity index (χ4n) is 2.50. The normalized spacial score (nSPS) is 19.6. The van der Waals surface area contributed by atoms with E-state index in [0.29, 0.717) is 12.8 Å². The molecule has 110 valence electrons. The number of carbonyl (C=O) groups is 2. The number of piperidine rings is 1. The highest BCUT2D eigenvalue weighted by Crippen LogP contribution is 2.18. The van der Waals surface area contributed by atoms with Crippen molar-refractivity contribution >= 4 is 11.9 Å². The molecule has 1 aliphatic rings. The van der Waals surface area contributed by atoms with Crippen molar-refractivity contribution in [3.8, 4) is 0 Å². The van der Waals surface area contributed by atoms with Gasteiger partial charge < -0.3 is 14.7 Å². The van der Waals surface area contributed by atoms with Crippen LogP contribution in [0.5, 0.6) is 0 Å². The molecule has 0 radical (unpaired) electrons. The van der Waals surface area contributed by atoms with Crippen molar-refractivity contribution in [1.82, 2.24) is 4.90 Å². The highest BCUT2D eigenvalue weighted by Gasteiger charge is 2.26. The van der Waals surface area contributed by atoms with Gasteiger partial charge in [-0.15, -0.1) is 0 Å². The first-order valence-electron chi connectivity index (χ1n) is 7.16. The van der Waals surface area contributed by atoms with E-state index in [4.69, 9.17) is 0 Å². The van der Waals surface area contributed by atoms with Crippen molar-refractivity contribution in [3.63, 3.8) is 0 Å². The summed E-state index contributed by atoms with van der Waals surface area (Å²) in [5.74, 6) is 0.00594. The lowest BCUT2D eigenvalue weighted by Gasteiger charge is -2.34. The first-order chi connectivity index (χ1) is 9.19. The monoisotopic (exact) mass is 271 g/mol. The van der Waals surface area contributed by atoms with Crippen LogP contribution in [0.15, 0.2) is 0 Å². The Morgan fingerprint density at radius 3 is 2.79 bits per heavy atom. The number of hydrogen-bond donors (Lipinski definition) is 1. The molecular weight excluding hydrogens is 246 g/mol. The van der Waals surface area contributed by atoms with Crippen LogP contribution in [0, 0.1) is 0 Å². The van der Waals surface area contributed by atoms with Crippen molar-refractivity contribution in [2.75, 3.05) is 20.3 Å². The molecule has 1 aliphatic heterocycles. The number of ether oxygens (including phenoxy) is 1. The Bertz CT molecular complexity index is 293. The van der Waals surface area contributed by atoms with Crippen LogP contribution in [0.25, 0.3) is 0 Å². The summed E-state index contributed by atoms with van der Waals surface area (Å²) in [4.78, 5) is 24.5. The number of unbranched alkanes of at least 4 members (excludes halogenated alkanes) is 3. The minimum atomic E-state index is -0.161. The van der Waals surface area contributed by atoms with E-state index >= 15 is 0 Å². The fourth-order valence-corrected chi connectivity index (χ4v) is 2.50. The third kappa shape index (κ3) is 5.59. The average molecular weight is 271 g/mol. The predicted octanol–water partition coefficient (Wildman–Crippen LogP) is 1.48. The van der Waals surface area contributed by atoms with Crippen LogP contribution in [0.3, 0.4) is 0 Å². The van der Waals surface area contributed by atoms with Gasteiger partial charge in [-0.1, -0.05) is 12.8 Å². The Hall–Kier alpha value is -1.10. The molecule has 1 heterocycles. The first-order valence-corrected chi connectivity index (χ1v) is 7.16. The number of methoxy groups -OCH3 is 1. The number of amides is 1. The third-order valence-corrected chi connectivity index (χ3v) is 3.66. The lowest BCUT2D eigenvalue weighted by Crippen LogP contribution is -2.45. The van der Waals surface area contributed by atoms with E-state index in [0.717, 1.165) is 45.1 Å². The van der Waals surface area contributed by atoms with Crippen LogP contribution in [0.1, 0.15) is 51.4 Å². The van der Waals surface area contributed by atoms with E-state index in [1.165, 1.54) is 7.11 Å². The number of nitrogens with zero attached hydrogens (tertiary/aromatic N) is 1. The summed E-state index contributed by atoms with van der Waals surface area (Å²) in [5, 5.41) is 9.26. The zero-order chi connectivity index (χ0) is 14.1. The molecule has 0 aliphatic carbocycles. The van der Waals surface area contributed by atoms with Gasteiger partial charge in [-0.3, -0.25) is 9.59 Å². The minimum absolute atomic E-state index is 0.0105. The topological polar surface area (TPSA) is 66.8 Å². The number of aliphatic hydroxyl groups excluding tert-OH is 1. The summed E-state index contributed by atoms with van der Waals surface area (Å²) >= 11 is 0. The summed E-state index contributed by atoms with van der Waals surface area (Å²) in [6.07, 6.45) is 6.62. The van der Waals surface area contributed by atoms with E-state index in [-0.39, 0.29) is 24.5 Å². The summed E-state index contributed by atoms with van der Waals surface area (Å²) in [7, 11) is 1.40. The van der Waals surface area contributed by atoms with Crippen molar-refractivity contribution in [3.05, 3.63) is 0 Å². The molecule has 1 rings (SSSR count). The molecule has 0 saturated carbocycles. The molecule has 1 atom stereocenters. The van der Waals surface area contributed by atoms with Gasteiger partial charge in [0.15, 0.2) is 0 Å². The van der Waals surface area contributed by atoms with Gasteiger partial charge in [-0.05, 0) is 25.7 Å². The second kappa shape index (κ2) is 8.91. The third-order valence-electron chi connectivity index (χ3n) is 3.66. The van der Waals surface area contributed by atoms with Crippen LogP contribution >= 0.6 is 0 Å². The van der Waals surface area contributed by atoms with Crippen molar-refractivity contribution in [2.45, 2.75) is 57.4 Å². The van der Waals surface area contributed by atoms with E-state index in [1.54, 1.807) is 0 Å². The number of carbonyl (C=O) groups excluding carboxylic acids is 2. The largest absolute Gasteiger partial charge is 0.469 e. The van der Waals surface area contributed by atoms with Gasteiger partial charge in [0.05, 0.1) is 19.8 Å². The molecule has 0 aromatic rings. The van der Waals surface area contributed by atoms with Crippen molar-refractivity contribution in [1.29, 1.82) is 0 Å². The molecule has 5 nitrogen and oxygen atoms in total. The summed E-state index contributed by atoms with van der Waals surface area (Å²) < 4.78 is 4.57. The molecule has 1 N–H and O–H groups in total. The van der Waals surface area contributed by atoms with Crippen LogP contribution in [-0.4, -0.2) is 48.2 Å². The Morgan fingerprint density at radius 2 is 2.11 bits per heavy atom. The summed E-state index contributed by atoms with van der Waals surface area (Å²) in [5.41, 5.74) is 0. The Morgan fingerprint density at radius 1 is 1.37 bits per heavy atom. The molecule has 19 heavy (non-hydrogen) atoms. The highest BCUT2D eigenvalue weighted by molar-refractivity contribution is 5.77. The number of aliphatic hydroxyl groups is 1. The lowest BCUT2D eigenvalue weighted by atomic mass is 10.0. The molecule has 5 heteroatoms. The van der Waals surface area contributed by atoms with Crippen LogP contribution in [-0.2, 0) is 14.3 Å². The maximum absolute atomic E-state index is 11.8. The number of esters is 1. The molecule has 1 amide bonds. The Kier molecular flexibility index (Phi) is 7.48. The van der Waals surface area contributed by atoms with Gasteiger partial charge in [0.1, 0.15) is 0 Å². The maximum Gasteiger partial charge on any atom is 0.305 e. The van der Waals surface area contributed by atoms with Crippen molar-refractivity contribution in [2.24, 2.45) is 0 Å². The number of rotatable bonds is 8. The van der Waals surface area contributed by atoms with Gasteiger partial charge in [-0.25, -0.2) is 0 Å². The zero-order valence-electron chi connectivity index (χ0n) is 11.8. The first kappa shape index (κ1) is 16.0. The van der Waals surface area contributed by atoms with E-state index in [1.807, 2.05) is 4.90 Å². The second-order valence-corrected chi connectivity index (χ2v) is 5.06. The standard InChI is InChI=1S/C14H25NO4/c1-19-14(18)9-4-2-3-5-10-15-12(11-16)7-6-8-13(15)17/h12,16H,2-11H2,1H3. The van der Waals surface area contributed by atoms with E-state index < -0.39 is 0 Å². The van der Waals surface area contributed by atoms with Gasteiger partial charge >= 0.3 is 5.97 Å². The predicted molar refractivity (Wildman–Crippen MR) is 71.5 cm³/mol. The molecule has 0 aromatic carbocycles. The smallest absolute Gasteiger partial charge is 0.305 e. The molecule has 1 fully saturated rings. The quantitative estimate of drug-likeness (QED) is 0.536. The van der Waals surface area contributed by atoms with Crippen molar-refractivity contribution < 1.29 is 19.4 Å². The number of likely N-dealkylation sites (tertiary alicyclic amines) is 1. The minimum Gasteiger partial charge on any atom is -0.469 e. The van der Waals surface area contributed by atoms with Gasteiger partial charge in [0, 0.05) is 19.4 Å². The molecule has 0 bridgehead atoms. The average Bonchev–Trinajstić information content (AvgIpc) is 2.43. The van der Waals surface area contributed by atoms with Crippen LogP contribution in [0.4, 0.5) is 0 Å². The van der Waals surface area contributed by atoms with E-state index in [9.17, 15) is 14.7 Å². The molecule has 1 saturated heterocycles. The molecule has 1 unspecified atom stereocenters. The maximum atomic E-state index is 11.8. The SMILES string of the molecule is COC(=O)CCCCCCN1C(=O)CCCC1CO. The van der Waals surface area contributed by atoms with Gasteiger partial charge in [0.25, 0.3) is 0 Å². The van der Waals surface area contributed by atoms with Crippen LogP contribution in [0.2, 0.25) is 0 Å². The summed E-state index contributed by atoms with van der Waals surface area (Å²) in [6, 6.07) is 0.0105.